The number of benzene rings is 2. The number of aromatic nitrogens is 2. The van der Waals surface area contributed by atoms with Crippen LogP contribution in [-0.2, 0) is 0 Å². The number of para-hydroxylation sites is 2. The van der Waals surface area contributed by atoms with E-state index in [0.29, 0.717) is 0 Å². The van der Waals surface area contributed by atoms with E-state index in [2.05, 4.69) is 68.0 Å². The van der Waals surface area contributed by atoms with Crippen molar-refractivity contribution in [2.75, 3.05) is 44.7 Å². The fourth-order valence-corrected chi connectivity index (χ4v) is 3.81. The monoisotopic (exact) mass is 362 g/mol. The second-order valence-electron chi connectivity index (χ2n) is 6.90. The molecule has 1 saturated heterocycles. The highest BCUT2D eigenvalue weighted by molar-refractivity contribution is 5.58. The van der Waals surface area contributed by atoms with Crippen molar-refractivity contribution in [2.24, 2.45) is 0 Å². The minimum atomic E-state index is 0.284. The van der Waals surface area contributed by atoms with Crippen LogP contribution in [0.4, 0.5) is 5.69 Å². The summed E-state index contributed by atoms with van der Waals surface area (Å²) >= 11 is 0. The molecule has 2 aromatic carbocycles. The van der Waals surface area contributed by atoms with Crippen LogP contribution >= 0.6 is 0 Å². The number of imidazole rings is 1. The van der Waals surface area contributed by atoms with Gasteiger partial charge in [0.1, 0.15) is 5.75 Å². The van der Waals surface area contributed by atoms with Gasteiger partial charge < -0.3 is 14.2 Å². The standard InChI is InChI=1S/C22H26N4O/c1-27-22-10-6-5-9-20(22)25-15-13-24(14-16-25)17-21(26-12-11-23-18-26)19-7-3-2-4-8-19/h2-12,18,21H,13-17H2,1H3/t21-/m0/s1. The molecule has 0 radical (unpaired) electrons. The predicted molar refractivity (Wildman–Crippen MR) is 108 cm³/mol. The third-order valence-corrected chi connectivity index (χ3v) is 5.30. The van der Waals surface area contributed by atoms with Crippen molar-refractivity contribution in [1.29, 1.82) is 0 Å². The van der Waals surface area contributed by atoms with Gasteiger partial charge >= 0.3 is 0 Å². The zero-order chi connectivity index (χ0) is 18.5. The number of hydrogen-bond donors (Lipinski definition) is 0. The summed E-state index contributed by atoms with van der Waals surface area (Å²) in [6, 6.07) is 19.3. The number of nitrogens with zero attached hydrogens (tertiary/aromatic N) is 4. The van der Waals surface area contributed by atoms with Crippen LogP contribution in [0.1, 0.15) is 11.6 Å². The largest absolute Gasteiger partial charge is 0.495 e. The summed E-state index contributed by atoms with van der Waals surface area (Å²) in [6.45, 7) is 5.07. The lowest BCUT2D eigenvalue weighted by molar-refractivity contribution is 0.232. The van der Waals surface area contributed by atoms with Crippen molar-refractivity contribution in [1.82, 2.24) is 14.5 Å². The second-order valence-corrected chi connectivity index (χ2v) is 6.90. The highest BCUT2D eigenvalue weighted by Crippen LogP contribution is 2.29. The van der Waals surface area contributed by atoms with Crippen molar-refractivity contribution >= 4 is 5.69 Å². The molecule has 140 valence electrons. The Hall–Kier alpha value is -2.79. The van der Waals surface area contributed by atoms with Crippen molar-refractivity contribution < 1.29 is 4.74 Å². The first-order valence-electron chi connectivity index (χ1n) is 9.48. The van der Waals surface area contributed by atoms with Gasteiger partial charge in [-0.25, -0.2) is 4.98 Å². The molecule has 0 spiro atoms. The topological polar surface area (TPSA) is 33.5 Å². The first kappa shape index (κ1) is 17.6. The highest BCUT2D eigenvalue weighted by atomic mass is 16.5. The van der Waals surface area contributed by atoms with Crippen LogP contribution in [0.5, 0.6) is 5.75 Å². The first-order valence-corrected chi connectivity index (χ1v) is 9.48. The van der Waals surface area contributed by atoms with Gasteiger partial charge in [0.05, 0.1) is 25.2 Å². The molecule has 5 heteroatoms. The SMILES string of the molecule is COc1ccccc1N1CCN(C[C@@H](c2ccccc2)n2ccnc2)CC1. The molecule has 0 amide bonds. The summed E-state index contributed by atoms with van der Waals surface area (Å²) in [5.41, 5.74) is 2.51. The second kappa shape index (κ2) is 8.27. The Morgan fingerprint density at radius 3 is 2.41 bits per heavy atom. The molecular formula is C22H26N4O. The van der Waals surface area contributed by atoms with E-state index in [9.17, 15) is 0 Å². The first-order chi connectivity index (χ1) is 13.3. The van der Waals surface area contributed by atoms with E-state index < -0.39 is 0 Å². The van der Waals surface area contributed by atoms with Crippen LogP contribution in [0.15, 0.2) is 73.3 Å². The average molecular weight is 362 g/mol. The minimum Gasteiger partial charge on any atom is -0.495 e. The summed E-state index contributed by atoms with van der Waals surface area (Å²) in [4.78, 5) is 9.22. The van der Waals surface area contributed by atoms with Crippen LogP contribution in [0, 0.1) is 0 Å². The molecule has 1 atom stereocenters. The maximum absolute atomic E-state index is 5.53. The highest BCUT2D eigenvalue weighted by Gasteiger charge is 2.23. The van der Waals surface area contributed by atoms with Gasteiger partial charge in [0.15, 0.2) is 0 Å². The van der Waals surface area contributed by atoms with Gasteiger partial charge in [0, 0.05) is 45.1 Å². The van der Waals surface area contributed by atoms with Crippen molar-refractivity contribution in [2.45, 2.75) is 6.04 Å². The number of methoxy groups -OCH3 is 1. The fourth-order valence-electron chi connectivity index (χ4n) is 3.81. The number of hydrogen-bond acceptors (Lipinski definition) is 4. The predicted octanol–water partition coefficient (Wildman–Crippen LogP) is 3.30. The molecule has 0 bridgehead atoms. The van der Waals surface area contributed by atoms with E-state index >= 15 is 0 Å². The van der Waals surface area contributed by atoms with Crippen molar-refractivity contribution in [3.8, 4) is 5.75 Å². The van der Waals surface area contributed by atoms with Gasteiger partial charge in [-0.2, -0.15) is 0 Å². The summed E-state index contributed by atoms with van der Waals surface area (Å²) in [7, 11) is 1.74. The molecule has 3 aromatic rings. The van der Waals surface area contributed by atoms with E-state index in [1.807, 2.05) is 24.7 Å². The third kappa shape index (κ3) is 3.98. The Labute approximate surface area is 160 Å². The number of ether oxygens (including phenoxy) is 1. The van der Waals surface area contributed by atoms with E-state index in [0.717, 1.165) is 38.5 Å². The Balaban J connectivity index is 1.44. The van der Waals surface area contributed by atoms with E-state index in [4.69, 9.17) is 4.74 Å². The average Bonchev–Trinajstić information content (AvgIpc) is 3.27. The molecule has 4 rings (SSSR count). The summed E-state index contributed by atoms with van der Waals surface area (Å²) < 4.78 is 7.74. The molecule has 27 heavy (non-hydrogen) atoms. The molecule has 0 aliphatic carbocycles. The Bertz CT molecular complexity index is 827. The lowest BCUT2D eigenvalue weighted by atomic mass is 10.1. The lowest BCUT2D eigenvalue weighted by Gasteiger charge is -2.38. The van der Waals surface area contributed by atoms with Crippen molar-refractivity contribution in [3.05, 3.63) is 78.9 Å². The number of rotatable bonds is 6. The van der Waals surface area contributed by atoms with Crippen LogP contribution in [0.2, 0.25) is 0 Å². The van der Waals surface area contributed by atoms with Gasteiger partial charge in [0.2, 0.25) is 0 Å². The summed E-state index contributed by atoms with van der Waals surface area (Å²) in [5.74, 6) is 0.950. The van der Waals surface area contributed by atoms with Crippen LogP contribution in [0.25, 0.3) is 0 Å². The summed E-state index contributed by atoms with van der Waals surface area (Å²) in [6.07, 6.45) is 5.83. The van der Waals surface area contributed by atoms with Crippen LogP contribution < -0.4 is 9.64 Å². The van der Waals surface area contributed by atoms with Crippen molar-refractivity contribution in [3.63, 3.8) is 0 Å². The van der Waals surface area contributed by atoms with Crippen LogP contribution in [0.3, 0.4) is 0 Å². The molecule has 5 nitrogen and oxygen atoms in total. The van der Waals surface area contributed by atoms with Gasteiger partial charge in [0.25, 0.3) is 0 Å². The number of piperazine rings is 1. The van der Waals surface area contributed by atoms with Gasteiger partial charge in [-0.1, -0.05) is 42.5 Å². The summed E-state index contributed by atoms with van der Waals surface area (Å²) in [5, 5.41) is 0. The molecule has 1 aromatic heterocycles. The third-order valence-electron chi connectivity index (χ3n) is 5.30. The Morgan fingerprint density at radius 2 is 1.70 bits per heavy atom. The van der Waals surface area contributed by atoms with Gasteiger partial charge in [-0.3, -0.25) is 4.90 Å². The molecule has 1 aliphatic heterocycles. The Kier molecular flexibility index (Phi) is 5.39. The quantitative estimate of drug-likeness (QED) is 0.674. The van der Waals surface area contributed by atoms with Crippen LogP contribution in [-0.4, -0.2) is 54.3 Å². The molecule has 1 aliphatic rings. The molecule has 0 unspecified atom stereocenters. The Morgan fingerprint density at radius 1 is 0.963 bits per heavy atom. The fraction of sp³-hybridized carbons (Fsp3) is 0.318. The minimum absolute atomic E-state index is 0.284. The molecule has 1 fully saturated rings. The molecule has 0 N–H and O–H groups in total. The number of anilines is 1. The zero-order valence-electron chi connectivity index (χ0n) is 15.7. The normalized spacial score (nSPS) is 16.3. The maximum atomic E-state index is 5.53. The van der Waals surface area contributed by atoms with Gasteiger partial charge in [-0.05, 0) is 17.7 Å². The van der Waals surface area contributed by atoms with E-state index in [1.54, 1.807) is 7.11 Å². The molecular weight excluding hydrogens is 336 g/mol. The maximum Gasteiger partial charge on any atom is 0.142 e. The van der Waals surface area contributed by atoms with E-state index in [-0.39, 0.29) is 6.04 Å². The smallest absolute Gasteiger partial charge is 0.142 e. The zero-order valence-corrected chi connectivity index (χ0v) is 15.7. The van der Waals surface area contributed by atoms with E-state index in [1.165, 1.54) is 11.3 Å². The lowest BCUT2D eigenvalue weighted by Crippen LogP contribution is -2.48. The molecule has 2 heterocycles. The van der Waals surface area contributed by atoms with Gasteiger partial charge in [-0.15, -0.1) is 0 Å². The molecule has 0 saturated carbocycles.